The minimum Gasteiger partial charge on any atom is -0.316 e. The number of nitrogens with one attached hydrogen (secondary N) is 1. The number of hydrogen-bond donors (Lipinski definition) is 2. The smallest absolute Gasteiger partial charge is 0.0926 e. The normalized spacial score (nSPS) is 10.2. The standard InChI is InChI=1S/C6H10N2OS/c1-2-6-8-5(3-7-9)4-10-6/h4,7,9H,2-3H2,1H3. The van der Waals surface area contributed by atoms with E-state index in [0.717, 1.165) is 17.1 Å². The lowest BCUT2D eigenvalue weighted by atomic mass is 10.5. The van der Waals surface area contributed by atoms with Crippen LogP contribution in [0.3, 0.4) is 0 Å². The van der Waals surface area contributed by atoms with E-state index in [-0.39, 0.29) is 0 Å². The summed E-state index contributed by atoms with van der Waals surface area (Å²) in [6, 6.07) is 0. The summed E-state index contributed by atoms with van der Waals surface area (Å²) in [5.74, 6) is 0. The molecule has 0 fully saturated rings. The van der Waals surface area contributed by atoms with Crippen LogP contribution in [0.25, 0.3) is 0 Å². The molecule has 0 aliphatic carbocycles. The number of rotatable bonds is 3. The Morgan fingerprint density at radius 1 is 1.80 bits per heavy atom. The van der Waals surface area contributed by atoms with Gasteiger partial charge in [0.2, 0.25) is 0 Å². The average Bonchev–Trinajstić information content (AvgIpc) is 2.37. The molecule has 0 bridgehead atoms. The summed E-state index contributed by atoms with van der Waals surface area (Å²) in [5, 5.41) is 11.4. The first-order chi connectivity index (χ1) is 4.86. The summed E-state index contributed by atoms with van der Waals surface area (Å²) in [5.41, 5.74) is 2.97. The quantitative estimate of drug-likeness (QED) is 0.649. The first-order valence-electron chi connectivity index (χ1n) is 3.17. The van der Waals surface area contributed by atoms with Gasteiger partial charge >= 0.3 is 0 Å². The minimum absolute atomic E-state index is 0.441. The van der Waals surface area contributed by atoms with Crippen LogP contribution in [0.2, 0.25) is 0 Å². The zero-order valence-corrected chi connectivity index (χ0v) is 6.61. The molecule has 10 heavy (non-hydrogen) atoms. The minimum atomic E-state index is 0.441. The van der Waals surface area contributed by atoms with Crippen molar-refractivity contribution in [2.45, 2.75) is 19.9 Å². The van der Waals surface area contributed by atoms with Gasteiger partial charge in [-0.15, -0.1) is 11.3 Å². The number of aryl methyl sites for hydroxylation is 1. The van der Waals surface area contributed by atoms with Gasteiger partial charge in [0.15, 0.2) is 0 Å². The van der Waals surface area contributed by atoms with Crippen molar-refractivity contribution in [3.05, 3.63) is 16.1 Å². The average molecular weight is 158 g/mol. The second-order valence-corrected chi connectivity index (χ2v) is 2.86. The van der Waals surface area contributed by atoms with Crippen LogP contribution in [0.15, 0.2) is 5.38 Å². The Morgan fingerprint density at radius 2 is 2.60 bits per heavy atom. The first kappa shape index (κ1) is 7.65. The fourth-order valence-corrected chi connectivity index (χ4v) is 1.42. The maximum Gasteiger partial charge on any atom is 0.0926 e. The van der Waals surface area contributed by atoms with E-state index in [4.69, 9.17) is 5.21 Å². The molecule has 0 aromatic carbocycles. The van der Waals surface area contributed by atoms with Gasteiger partial charge < -0.3 is 5.21 Å². The molecule has 1 aromatic heterocycles. The van der Waals surface area contributed by atoms with E-state index >= 15 is 0 Å². The van der Waals surface area contributed by atoms with Crippen LogP contribution >= 0.6 is 11.3 Å². The zero-order valence-electron chi connectivity index (χ0n) is 5.79. The van der Waals surface area contributed by atoms with Crippen LogP contribution in [-0.4, -0.2) is 10.2 Å². The number of nitrogens with zero attached hydrogens (tertiary/aromatic N) is 1. The third-order valence-electron chi connectivity index (χ3n) is 1.16. The molecule has 1 rings (SSSR count). The highest BCUT2D eigenvalue weighted by Gasteiger charge is 1.97. The van der Waals surface area contributed by atoms with Crippen LogP contribution in [-0.2, 0) is 13.0 Å². The topological polar surface area (TPSA) is 45.2 Å². The molecular formula is C6H10N2OS. The van der Waals surface area contributed by atoms with Crippen molar-refractivity contribution < 1.29 is 5.21 Å². The van der Waals surface area contributed by atoms with Crippen molar-refractivity contribution in [3.63, 3.8) is 0 Å². The van der Waals surface area contributed by atoms with Crippen LogP contribution in [0.4, 0.5) is 0 Å². The Balaban J connectivity index is 2.59. The fourth-order valence-electron chi connectivity index (χ4n) is 0.673. The Kier molecular flexibility index (Phi) is 2.80. The van der Waals surface area contributed by atoms with Gasteiger partial charge in [-0.1, -0.05) is 6.92 Å². The van der Waals surface area contributed by atoms with Crippen molar-refractivity contribution in [1.82, 2.24) is 10.5 Å². The van der Waals surface area contributed by atoms with Crippen LogP contribution in [0.5, 0.6) is 0 Å². The summed E-state index contributed by atoms with van der Waals surface area (Å²) < 4.78 is 0. The van der Waals surface area contributed by atoms with E-state index in [9.17, 15) is 0 Å². The highest BCUT2D eigenvalue weighted by molar-refractivity contribution is 7.09. The summed E-state index contributed by atoms with van der Waals surface area (Å²) in [7, 11) is 0. The van der Waals surface area contributed by atoms with E-state index in [1.54, 1.807) is 11.3 Å². The van der Waals surface area contributed by atoms with Crippen LogP contribution < -0.4 is 5.48 Å². The van der Waals surface area contributed by atoms with Gasteiger partial charge in [0.05, 0.1) is 17.2 Å². The summed E-state index contributed by atoms with van der Waals surface area (Å²) in [6.45, 7) is 2.51. The third-order valence-corrected chi connectivity index (χ3v) is 2.20. The maximum atomic E-state index is 8.32. The lowest BCUT2D eigenvalue weighted by Crippen LogP contribution is -2.06. The second kappa shape index (κ2) is 3.65. The van der Waals surface area contributed by atoms with Crippen molar-refractivity contribution in [3.8, 4) is 0 Å². The molecule has 2 N–H and O–H groups in total. The van der Waals surface area contributed by atoms with Gasteiger partial charge in [0.1, 0.15) is 0 Å². The van der Waals surface area contributed by atoms with E-state index in [1.165, 1.54) is 0 Å². The maximum absolute atomic E-state index is 8.32. The summed E-state index contributed by atoms with van der Waals surface area (Å²) in [4.78, 5) is 4.21. The molecular weight excluding hydrogens is 148 g/mol. The van der Waals surface area contributed by atoms with Gasteiger partial charge in [0, 0.05) is 5.38 Å². The second-order valence-electron chi connectivity index (χ2n) is 1.92. The monoisotopic (exact) mass is 158 g/mol. The molecule has 0 atom stereocenters. The lowest BCUT2D eigenvalue weighted by molar-refractivity contribution is 0.160. The van der Waals surface area contributed by atoms with Gasteiger partial charge in [-0.25, -0.2) is 4.98 Å². The van der Waals surface area contributed by atoms with Crippen molar-refractivity contribution in [1.29, 1.82) is 0 Å². The molecule has 0 saturated carbocycles. The largest absolute Gasteiger partial charge is 0.316 e. The number of hydrogen-bond acceptors (Lipinski definition) is 4. The molecule has 0 saturated heterocycles. The molecule has 0 amide bonds. The molecule has 3 nitrogen and oxygen atoms in total. The van der Waals surface area contributed by atoms with Crippen LogP contribution in [0.1, 0.15) is 17.6 Å². The lowest BCUT2D eigenvalue weighted by Gasteiger charge is -1.89. The van der Waals surface area contributed by atoms with Crippen LogP contribution in [0, 0.1) is 0 Å². The molecule has 0 aliphatic heterocycles. The molecule has 56 valence electrons. The van der Waals surface area contributed by atoms with Gasteiger partial charge in [0.25, 0.3) is 0 Å². The highest BCUT2D eigenvalue weighted by atomic mass is 32.1. The van der Waals surface area contributed by atoms with Gasteiger partial charge in [-0.3, -0.25) is 0 Å². The van der Waals surface area contributed by atoms with E-state index < -0.39 is 0 Å². The molecule has 0 spiro atoms. The Hall–Kier alpha value is -0.450. The van der Waals surface area contributed by atoms with E-state index in [0.29, 0.717) is 6.54 Å². The predicted octanol–water partition coefficient (Wildman–Crippen LogP) is 1.18. The molecule has 0 aliphatic rings. The predicted molar refractivity (Wildman–Crippen MR) is 40.1 cm³/mol. The SMILES string of the molecule is CCc1nc(CNO)cs1. The van der Waals surface area contributed by atoms with Crippen molar-refractivity contribution in [2.75, 3.05) is 0 Å². The number of hydroxylamine groups is 1. The summed E-state index contributed by atoms with van der Waals surface area (Å²) in [6.07, 6.45) is 0.968. The Labute approximate surface area is 63.7 Å². The zero-order chi connectivity index (χ0) is 7.40. The third kappa shape index (κ3) is 1.76. The molecule has 1 heterocycles. The Morgan fingerprint density at radius 3 is 3.10 bits per heavy atom. The number of thiazole rings is 1. The molecule has 0 radical (unpaired) electrons. The Bertz CT molecular complexity index is 199. The van der Waals surface area contributed by atoms with Crippen molar-refractivity contribution >= 4 is 11.3 Å². The van der Waals surface area contributed by atoms with E-state index in [1.807, 2.05) is 5.38 Å². The van der Waals surface area contributed by atoms with Gasteiger partial charge in [-0.2, -0.15) is 5.48 Å². The van der Waals surface area contributed by atoms with E-state index in [2.05, 4.69) is 17.4 Å². The fraction of sp³-hybridized carbons (Fsp3) is 0.500. The first-order valence-corrected chi connectivity index (χ1v) is 4.05. The summed E-state index contributed by atoms with van der Waals surface area (Å²) >= 11 is 1.63. The highest BCUT2D eigenvalue weighted by Crippen LogP contribution is 2.09. The molecule has 1 aromatic rings. The van der Waals surface area contributed by atoms with Gasteiger partial charge in [-0.05, 0) is 6.42 Å². The molecule has 4 heteroatoms. The number of aromatic nitrogens is 1. The molecule has 0 unspecified atom stereocenters. The van der Waals surface area contributed by atoms with Crippen molar-refractivity contribution in [2.24, 2.45) is 0 Å².